The normalized spacial score (nSPS) is 13.4. The Morgan fingerprint density at radius 1 is 1.26 bits per heavy atom. The van der Waals surface area contributed by atoms with Gasteiger partial charge in [0.05, 0.1) is 11.7 Å². The van der Waals surface area contributed by atoms with E-state index in [4.69, 9.17) is 9.47 Å². The molecule has 0 radical (unpaired) electrons. The Hall–Kier alpha value is -2.76. The first-order valence-electron chi connectivity index (χ1n) is 7.56. The molecule has 0 saturated heterocycles. The molecule has 0 spiro atoms. The third-order valence-corrected chi connectivity index (χ3v) is 3.62. The van der Waals surface area contributed by atoms with Gasteiger partial charge in [-0.15, -0.1) is 0 Å². The van der Waals surface area contributed by atoms with Crippen molar-refractivity contribution in [2.45, 2.75) is 19.4 Å². The van der Waals surface area contributed by atoms with Crippen molar-refractivity contribution in [2.75, 3.05) is 13.3 Å². The second kappa shape index (κ2) is 7.00. The Morgan fingerprint density at radius 2 is 2.13 bits per heavy atom. The van der Waals surface area contributed by atoms with Crippen molar-refractivity contribution >= 4 is 6.03 Å². The Labute approximate surface area is 134 Å². The summed E-state index contributed by atoms with van der Waals surface area (Å²) in [7, 11) is 0. The number of urea groups is 1. The summed E-state index contributed by atoms with van der Waals surface area (Å²) in [6.07, 6.45) is 2.44. The monoisotopic (exact) mass is 313 g/mol. The van der Waals surface area contributed by atoms with Crippen molar-refractivity contribution in [3.05, 3.63) is 53.9 Å². The molecule has 2 heterocycles. The molecule has 2 aromatic rings. The van der Waals surface area contributed by atoms with Crippen LogP contribution in [0, 0.1) is 0 Å². The van der Waals surface area contributed by atoms with Gasteiger partial charge >= 0.3 is 6.03 Å². The van der Waals surface area contributed by atoms with E-state index in [1.807, 2.05) is 43.3 Å². The fraction of sp³-hybridized carbons (Fsp3) is 0.294. The van der Waals surface area contributed by atoms with Crippen molar-refractivity contribution in [3.63, 3.8) is 0 Å². The molecule has 3 rings (SSSR count). The zero-order chi connectivity index (χ0) is 16.1. The van der Waals surface area contributed by atoms with Crippen LogP contribution in [0.1, 0.15) is 24.2 Å². The van der Waals surface area contributed by atoms with E-state index in [1.54, 1.807) is 6.20 Å². The number of aromatic nitrogens is 1. The molecule has 6 nitrogen and oxygen atoms in total. The summed E-state index contributed by atoms with van der Waals surface area (Å²) in [5.41, 5.74) is 1.92. The molecule has 6 heteroatoms. The van der Waals surface area contributed by atoms with Crippen LogP contribution in [0.25, 0.3) is 0 Å². The van der Waals surface area contributed by atoms with Crippen LogP contribution in [-0.4, -0.2) is 24.4 Å². The van der Waals surface area contributed by atoms with Crippen molar-refractivity contribution in [3.8, 4) is 11.5 Å². The van der Waals surface area contributed by atoms with Gasteiger partial charge in [-0.3, -0.25) is 4.98 Å². The average Bonchev–Trinajstić information content (AvgIpc) is 3.03. The lowest BCUT2D eigenvalue weighted by Gasteiger charge is -2.14. The fourth-order valence-electron chi connectivity index (χ4n) is 2.37. The topological polar surface area (TPSA) is 72.5 Å². The maximum atomic E-state index is 11.9. The maximum Gasteiger partial charge on any atom is 0.315 e. The zero-order valence-electron chi connectivity index (χ0n) is 12.9. The van der Waals surface area contributed by atoms with E-state index in [9.17, 15) is 4.79 Å². The number of nitrogens with one attached hydrogen (secondary N) is 2. The molecule has 1 aliphatic rings. The first kappa shape index (κ1) is 15.1. The van der Waals surface area contributed by atoms with Crippen LogP contribution in [-0.2, 0) is 6.42 Å². The van der Waals surface area contributed by atoms with Crippen LogP contribution in [0.15, 0.2) is 42.6 Å². The maximum absolute atomic E-state index is 11.9. The molecule has 1 aromatic carbocycles. The van der Waals surface area contributed by atoms with Crippen molar-refractivity contribution in [2.24, 2.45) is 0 Å². The third-order valence-electron chi connectivity index (χ3n) is 3.62. The lowest BCUT2D eigenvalue weighted by Crippen LogP contribution is -2.38. The van der Waals surface area contributed by atoms with Gasteiger partial charge in [0, 0.05) is 12.7 Å². The van der Waals surface area contributed by atoms with E-state index < -0.39 is 0 Å². The minimum absolute atomic E-state index is 0.137. The van der Waals surface area contributed by atoms with E-state index in [0.29, 0.717) is 6.54 Å². The van der Waals surface area contributed by atoms with E-state index in [1.165, 1.54) is 0 Å². The number of carbonyl (C=O) groups is 1. The molecular weight excluding hydrogens is 294 g/mol. The molecule has 1 aliphatic heterocycles. The molecule has 0 fully saturated rings. The minimum atomic E-state index is -0.205. The van der Waals surface area contributed by atoms with Crippen molar-refractivity contribution in [1.82, 2.24) is 15.6 Å². The predicted octanol–water partition coefficient (Wildman–Crippen LogP) is 2.41. The Morgan fingerprint density at radius 3 is 2.96 bits per heavy atom. The number of ether oxygens (including phenoxy) is 2. The second-order valence-electron chi connectivity index (χ2n) is 5.31. The first-order chi connectivity index (χ1) is 11.2. The quantitative estimate of drug-likeness (QED) is 0.889. The SMILES string of the molecule is C[C@@H](NC(=O)NCCc1ccc2c(c1)OCO2)c1ccccn1. The van der Waals surface area contributed by atoms with Crippen molar-refractivity contribution in [1.29, 1.82) is 0 Å². The van der Waals surface area contributed by atoms with Crippen molar-refractivity contribution < 1.29 is 14.3 Å². The number of nitrogens with zero attached hydrogens (tertiary/aromatic N) is 1. The molecule has 1 aromatic heterocycles. The molecule has 0 aliphatic carbocycles. The summed E-state index contributed by atoms with van der Waals surface area (Å²) < 4.78 is 10.6. The largest absolute Gasteiger partial charge is 0.454 e. The van der Waals surface area contributed by atoms with Crippen LogP contribution in [0.4, 0.5) is 4.79 Å². The number of benzene rings is 1. The molecule has 0 bridgehead atoms. The number of hydrogen-bond donors (Lipinski definition) is 2. The first-order valence-corrected chi connectivity index (χ1v) is 7.56. The van der Waals surface area contributed by atoms with Gasteiger partial charge in [-0.2, -0.15) is 0 Å². The summed E-state index contributed by atoms with van der Waals surface area (Å²) in [4.78, 5) is 16.1. The van der Waals surface area contributed by atoms with Crippen LogP contribution in [0.2, 0.25) is 0 Å². The van der Waals surface area contributed by atoms with Gasteiger partial charge in [0.15, 0.2) is 11.5 Å². The van der Waals surface area contributed by atoms with Gasteiger partial charge in [-0.05, 0) is 43.2 Å². The summed E-state index contributed by atoms with van der Waals surface area (Å²) in [5, 5.41) is 5.72. The number of rotatable bonds is 5. The average molecular weight is 313 g/mol. The van der Waals surface area contributed by atoms with Crippen LogP contribution >= 0.6 is 0 Å². The number of pyridine rings is 1. The van der Waals surface area contributed by atoms with Gasteiger partial charge in [-0.25, -0.2) is 4.79 Å². The Bertz CT molecular complexity index is 676. The van der Waals surface area contributed by atoms with Gasteiger partial charge in [0.2, 0.25) is 6.79 Å². The summed E-state index contributed by atoms with van der Waals surface area (Å²) in [6, 6.07) is 11.1. The number of carbonyl (C=O) groups excluding carboxylic acids is 1. The van der Waals surface area contributed by atoms with E-state index in [2.05, 4.69) is 15.6 Å². The van der Waals surface area contributed by atoms with Gasteiger partial charge in [-0.1, -0.05) is 12.1 Å². The molecule has 23 heavy (non-hydrogen) atoms. The number of fused-ring (bicyclic) bond motifs is 1. The van der Waals surface area contributed by atoms with Crippen LogP contribution in [0.5, 0.6) is 11.5 Å². The molecule has 2 amide bonds. The van der Waals surface area contributed by atoms with Crippen LogP contribution in [0.3, 0.4) is 0 Å². The zero-order valence-corrected chi connectivity index (χ0v) is 12.9. The summed E-state index contributed by atoms with van der Waals surface area (Å²) in [5.74, 6) is 1.53. The molecule has 0 saturated carbocycles. The third kappa shape index (κ3) is 3.91. The molecule has 120 valence electrons. The summed E-state index contributed by atoms with van der Waals surface area (Å²) in [6.45, 7) is 2.71. The highest BCUT2D eigenvalue weighted by Crippen LogP contribution is 2.32. The molecule has 2 N–H and O–H groups in total. The lowest BCUT2D eigenvalue weighted by molar-refractivity contribution is 0.174. The highest BCUT2D eigenvalue weighted by Gasteiger charge is 2.13. The molecular formula is C17H19N3O3. The minimum Gasteiger partial charge on any atom is -0.454 e. The lowest BCUT2D eigenvalue weighted by atomic mass is 10.1. The highest BCUT2D eigenvalue weighted by atomic mass is 16.7. The molecule has 1 atom stereocenters. The Kier molecular flexibility index (Phi) is 4.61. The van der Waals surface area contributed by atoms with E-state index in [-0.39, 0.29) is 18.9 Å². The van der Waals surface area contributed by atoms with Gasteiger partial charge in [0.25, 0.3) is 0 Å². The molecule has 0 unspecified atom stereocenters. The standard InChI is InChI=1S/C17H19N3O3/c1-12(14-4-2-3-8-18-14)20-17(21)19-9-7-13-5-6-15-16(10-13)23-11-22-15/h2-6,8,10,12H,7,9,11H2,1H3,(H2,19,20,21)/t12-/m1/s1. The van der Waals surface area contributed by atoms with E-state index >= 15 is 0 Å². The predicted molar refractivity (Wildman–Crippen MR) is 85.5 cm³/mol. The van der Waals surface area contributed by atoms with E-state index in [0.717, 1.165) is 29.2 Å². The van der Waals surface area contributed by atoms with Gasteiger partial charge in [0.1, 0.15) is 0 Å². The number of amides is 2. The summed E-state index contributed by atoms with van der Waals surface area (Å²) >= 11 is 0. The smallest absolute Gasteiger partial charge is 0.315 e. The Balaban J connectivity index is 1.44. The highest BCUT2D eigenvalue weighted by molar-refractivity contribution is 5.74. The van der Waals surface area contributed by atoms with Gasteiger partial charge < -0.3 is 20.1 Å². The second-order valence-corrected chi connectivity index (χ2v) is 5.31. The number of hydrogen-bond acceptors (Lipinski definition) is 4. The fourth-order valence-corrected chi connectivity index (χ4v) is 2.37. The van der Waals surface area contributed by atoms with Crippen LogP contribution < -0.4 is 20.1 Å².